The first-order valence-corrected chi connectivity index (χ1v) is 7.36. The number of nitrogens with zero attached hydrogens (tertiary/aromatic N) is 3. The molecule has 1 atom stereocenters. The Hall–Kier alpha value is -0.980. The van der Waals surface area contributed by atoms with Gasteiger partial charge in [0.05, 0.1) is 17.6 Å². The molecular weight excluding hydrogens is 349 g/mol. The van der Waals surface area contributed by atoms with Gasteiger partial charge in [0.2, 0.25) is 0 Å². The highest BCUT2D eigenvalue weighted by molar-refractivity contribution is 9.10. The van der Waals surface area contributed by atoms with Crippen molar-refractivity contribution in [3.05, 3.63) is 27.7 Å². The lowest BCUT2D eigenvalue weighted by molar-refractivity contribution is 0.0115. The summed E-state index contributed by atoms with van der Waals surface area (Å²) in [5.41, 5.74) is 2.31. The number of aliphatic imine (C=N–C) groups is 1. The Morgan fingerprint density at radius 3 is 3.00 bits per heavy atom. The average Bonchev–Trinajstić information content (AvgIpc) is 2.75. The Balaban J connectivity index is 2.03. The number of halogens is 3. The molecule has 1 aliphatic heterocycles. The van der Waals surface area contributed by atoms with Gasteiger partial charge in [-0.05, 0) is 28.8 Å². The van der Waals surface area contributed by atoms with Crippen molar-refractivity contribution in [1.82, 2.24) is 9.55 Å². The molecule has 3 heterocycles. The molecule has 20 heavy (non-hydrogen) atoms. The van der Waals surface area contributed by atoms with Crippen LogP contribution in [-0.2, 0) is 4.74 Å². The standard InChI is InChI=1S/C13H12BrClFN3O/c1-17-7-2-3-12(20-6-7)19-10-4-8(16)13(14)18-9(10)5-11(19)15/h4-5,12H,2-3,6H2,1H3. The highest BCUT2D eigenvalue weighted by Crippen LogP contribution is 2.33. The van der Waals surface area contributed by atoms with Crippen LogP contribution in [0.1, 0.15) is 19.1 Å². The predicted molar refractivity (Wildman–Crippen MR) is 80.0 cm³/mol. The minimum atomic E-state index is -0.417. The summed E-state index contributed by atoms with van der Waals surface area (Å²) < 4.78 is 21.4. The van der Waals surface area contributed by atoms with Gasteiger partial charge < -0.3 is 9.30 Å². The Morgan fingerprint density at radius 2 is 2.35 bits per heavy atom. The number of fused-ring (bicyclic) bond motifs is 1. The van der Waals surface area contributed by atoms with Crippen LogP contribution in [0.3, 0.4) is 0 Å². The fourth-order valence-corrected chi connectivity index (χ4v) is 2.99. The van der Waals surface area contributed by atoms with E-state index in [0.717, 1.165) is 18.6 Å². The highest BCUT2D eigenvalue weighted by atomic mass is 79.9. The summed E-state index contributed by atoms with van der Waals surface area (Å²) in [5.74, 6) is -0.417. The van der Waals surface area contributed by atoms with Crippen molar-refractivity contribution in [1.29, 1.82) is 0 Å². The first kappa shape index (κ1) is 14.0. The fraction of sp³-hybridized carbons (Fsp3) is 0.385. The van der Waals surface area contributed by atoms with Crippen LogP contribution < -0.4 is 0 Å². The normalized spacial score (nSPS) is 21.8. The van der Waals surface area contributed by atoms with Crippen molar-refractivity contribution >= 4 is 44.3 Å². The van der Waals surface area contributed by atoms with E-state index >= 15 is 0 Å². The molecule has 4 nitrogen and oxygen atoms in total. The van der Waals surface area contributed by atoms with Gasteiger partial charge in [0, 0.05) is 24.9 Å². The summed E-state index contributed by atoms with van der Waals surface area (Å²) in [5, 5.41) is 0.492. The maximum atomic E-state index is 13.7. The molecule has 0 N–H and O–H groups in total. The third kappa shape index (κ3) is 2.36. The molecule has 1 fully saturated rings. The van der Waals surface area contributed by atoms with Crippen LogP contribution in [0.2, 0.25) is 5.15 Å². The lowest BCUT2D eigenvalue weighted by atomic mass is 10.1. The lowest BCUT2D eigenvalue weighted by Gasteiger charge is -2.26. The molecule has 7 heteroatoms. The molecule has 0 aliphatic carbocycles. The van der Waals surface area contributed by atoms with Crippen LogP contribution in [-0.4, -0.2) is 28.9 Å². The van der Waals surface area contributed by atoms with Crippen LogP contribution in [0.4, 0.5) is 4.39 Å². The Labute approximate surface area is 128 Å². The molecule has 2 aromatic heterocycles. The smallest absolute Gasteiger partial charge is 0.158 e. The summed E-state index contributed by atoms with van der Waals surface area (Å²) in [6, 6.07) is 3.14. The van der Waals surface area contributed by atoms with Crippen molar-refractivity contribution < 1.29 is 9.13 Å². The quantitative estimate of drug-likeness (QED) is 0.722. The minimum absolute atomic E-state index is 0.184. The highest BCUT2D eigenvalue weighted by Gasteiger charge is 2.23. The van der Waals surface area contributed by atoms with Gasteiger partial charge >= 0.3 is 0 Å². The molecule has 1 aliphatic rings. The molecule has 3 rings (SSSR count). The van der Waals surface area contributed by atoms with E-state index in [1.807, 2.05) is 0 Å². The zero-order valence-corrected chi connectivity index (χ0v) is 13.1. The molecule has 1 unspecified atom stereocenters. The summed E-state index contributed by atoms with van der Waals surface area (Å²) in [7, 11) is 1.76. The van der Waals surface area contributed by atoms with Crippen LogP contribution in [0.5, 0.6) is 0 Å². The summed E-state index contributed by atoms with van der Waals surface area (Å²) in [4.78, 5) is 8.28. The van der Waals surface area contributed by atoms with E-state index in [0.29, 0.717) is 22.8 Å². The topological polar surface area (TPSA) is 39.4 Å². The van der Waals surface area contributed by atoms with Gasteiger partial charge in [0.15, 0.2) is 5.82 Å². The number of hydrogen-bond acceptors (Lipinski definition) is 3. The molecule has 0 aromatic carbocycles. The van der Waals surface area contributed by atoms with E-state index in [1.54, 1.807) is 17.7 Å². The Kier molecular flexibility index (Phi) is 3.79. The Morgan fingerprint density at radius 1 is 1.55 bits per heavy atom. The van der Waals surface area contributed by atoms with Gasteiger partial charge in [0.25, 0.3) is 0 Å². The fourth-order valence-electron chi connectivity index (χ4n) is 2.38. The monoisotopic (exact) mass is 359 g/mol. The number of rotatable bonds is 1. The van der Waals surface area contributed by atoms with E-state index in [-0.39, 0.29) is 10.8 Å². The van der Waals surface area contributed by atoms with E-state index in [2.05, 4.69) is 25.9 Å². The largest absolute Gasteiger partial charge is 0.352 e. The molecule has 2 aromatic rings. The molecule has 1 saturated heterocycles. The maximum absolute atomic E-state index is 13.7. The van der Waals surface area contributed by atoms with E-state index < -0.39 is 5.82 Å². The van der Waals surface area contributed by atoms with Crippen LogP contribution in [0.15, 0.2) is 21.7 Å². The van der Waals surface area contributed by atoms with Gasteiger partial charge in [0.1, 0.15) is 16.0 Å². The zero-order chi connectivity index (χ0) is 14.3. The molecule has 0 radical (unpaired) electrons. The molecular formula is C13H12BrClFN3O. The van der Waals surface area contributed by atoms with Crippen molar-refractivity contribution in [2.24, 2.45) is 4.99 Å². The van der Waals surface area contributed by atoms with Gasteiger partial charge in [-0.15, -0.1) is 0 Å². The van der Waals surface area contributed by atoms with Crippen molar-refractivity contribution in [3.63, 3.8) is 0 Å². The number of pyridine rings is 1. The number of aromatic nitrogens is 2. The van der Waals surface area contributed by atoms with Crippen LogP contribution >= 0.6 is 27.5 Å². The van der Waals surface area contributed by atoms with Gasteiger partial charge in [-0.3, -0.25) is 4.99 Å². The van der Waals surface area contributed by atoms with Gasteiger partial charge in [-0.25, -0.2) is 9.37 Å². The number of ether oxygens (including phenoxy) is 1. The van der Waals surface area contributed by atoms with Crippen LogP contribution in [0, 0.1) is 5.82 Å². The van der Waals surface area contributed by atoms with Gasteiger partial charge in [-0.2, -0.15) is 0 Å². The molecule has 106 valence electrons. The third-order valence-electron chi connectivity index (χ3n) is 3.41. The van der Waals surface area contributed by atoms with Crippen molar-refractivity contribution in [2.75, 3.05) is 13.7 Å². The molecule has 0 bridgehead atoms. The summed E-state index contributed by atoms with van der Waals surface area (Å²) in [6.07, 6.45) is 1.39. The van der Waals surface area contributed by atoms with E-state index in [9.17, 15) is 4.39 Å². The summed E-state index contributed by atoms with van der Waals surface area (Å²) in [6.45, 7) is 0.476. The second kappa shape index (κ2) is 5.42. The molecule has 0 saturated carbocycles. The second-order valence-electron chi connectivity index (χ2n) is 4.60. The number of hydrogen-bond donors (Lipinski definition) is 0. The third-order valence-corrected chi connectivity index (χ3v) is 4.26. The zero-order valence-electron chi connectivity index (χ0n) is 10.7. The average molecular weight is 361 g/mol. The first-order chi connectivity index (χ1) is 9.60. The lowest BCUT2D eigenvalue weighted by Crippen LogP contribution is -2.24. The maximum Gasteiger partial charge on any atom is 0.158 e. The SMILES string of the molecule is CN=C1CCC(n2c(Cl)cc3nc(Br)c(F)cc32)OC1. The summed E-state index contributed by atoms with van der Waals surface area (Å²) >= 11 is 9.33. The van der Waals surface area contributed by atoms with Crippen LogP contribution in [0.25, 0.3) is 11.0 Å². The molecule has 0 spiro atoms. The predicted octanol–water partition coefficient (Wildman–Crippen LogP) is 3.97. The van der Waals surface area contributed by atoms with Gasteiger partial charge in [-0.1, -0.05) is 11.6 Å². The van der Waals surface area contributed by atoms with Crippen molar-refractivity contribution in [3.8, 4) is 0 Å². The van der Waals surface area contributed by atoms with Crippen molar-refractivity contribution in [2.45, 2.75) is 19.1 Å². The Bertz CT molecular complexity index is 690. The van der Waals surface area contributed by atoms with E-state index in [1.165, 1.54) is 6.07 Å². The van der Waals surface area contributed by atoms with E-state index in [4.69, 9.17) is 16.3 Å². The molecule has 0 amide bonds. The first-order valence-electron chi connectivity index (χ1n) is 6.18. The second-order valence-corrected chi connectivity index (χ2v) is 5.73. The minimum Gasteiger partial charge on any atom is -0.352 e.